The Morgan fingerprint density at radius 1 is 1.42 bits per heavy atom. The summed E-state index contributed by atoms with van der Waals surface area (Å²) in [6, 6.07) is 3.32. The molecule has 0 unspecified atom stereocenters. The van der Waals surface area contributed by atoms with Crippen LogP contribution in [0, 0.1) is 0 Å². The summed E-state index contributed by atoms with van der Waals surface area (Å²) in [5, 5.41) is 11.9. The van der Waals surface area contributed by atoms with Crippen LogP contribution in [0.4, 0.5) is 0 Å². The van der Waals surface area contributed by atoms with Gasteiger partial charge in [0.15, 0.2) is 0 Å². The summed E-state index contributed by atoms with van der Waals surface area (Å²) in [6.45, 7) is 0.918. The molecule has 1 fully saturated rings. The molecule has 1 aliphatic heterocycles. The number of ether oxygens (including phenoxy) is 1. The normalized spacial score (nSPS) is 17.7. The zero-order valence-electron chi connectivity index (χ0n) is 10.5. The van der Waals surface area contributed by atoms with Crippen molar-refractivity contribution in [2.75, 3.05) is 13.2 Å². The Balaban J connectivity index is 2.11. The molecule has 6 heteroatoms. The predicted molar refractivity (Wildman–Crippen MR) is 66.7 cm³/mol. The number of rotatable bonds is 4. The Labute approximate surface area is 110 Å². The molecule has 19 heavy (non-hydrogen) atoms. The van der Waals surface area contributed by atoms with Gasteiger partial charge >= 0.3 is 5.97 Å². The van der Waals surface area contributed by atoms with Crippen LogP contribution in [-0.4, -0.2) is 40.7 Å². The van der Waals surface area contributed by atoms with Crippen molar-refractivity contribution in [2.24, 2.45) is 0 Å². The van der Waals surface area contributed by atoms with Gasteiger partial charge in [-0.25, -0.2) is 0 Å². The van der Waals surface area contributed by atoms with E-state index >= 15 is 0 Å². The lowest BCUT2D eigenvalue weighted by Gasteiger charge is -2.36. The molecule has 1 aromatic rings. The average molecular weight is 264 g/mol. The summed E-state index contributed by atoms with van der Waals surface area (Å²) in [6.07, 6.45) is 3.96. The van der Waals surface area contributed by atoms with Crippen LogP contribution in [0.5, 0.6) is 0 Å². The van der Waals surface area contributed by atoms with Gasteiger partial charge in [0, 0.05) is 25.6 Å². The third-order valence-electron chi connectivity index (χ3n) is 3.24. The summed E-state index contributed by atoms with van der Waals surface area (Å²) < 4.78 is 5.24. The third kappa shape index (κ3) is 3.51. The van der Waals surface area contributed by atoms with Crippen LogP contribution < -0.4 is 5.32 Å². The molecule has 2 heterocycles. The van der Waals surface area contributed by atoms with E-state index in [0.29, 0.717) is 31.6 Å². The highest BCUT2D eigenvalue weighted by Gasteiger charge is 2.36. The molecule has 0 bridgehead atoms. The number of nitrogens with one attached hydrogen (secondary N) is 1. The zero-order chi connectivity index (χ0) is 13.7. The second kappa shape index (κ2) is 5.79. The average Bonchev–Trinajstić information content (AvgIpc) is 2.39. The lowest BCUT2D eigenvalue weighted by atomic mass is 9.86. The molecule has 1 saturated heterocycles. The first-order chi connectivity index (χ1) is 9.11. The van der Waals surface area contributed by atoms with E-state index in [1.807, 2.05) is 0 Å². The zero-order valence-corrected chi connectivity index (χ0v) is 10.5. The molecule has 0 aliphatic carbocycles. The van der Waals surface area contributed by atoms with E-state index in [0.717, 1.165) is 0 Å². The number of amides is 1. The molecule has 1 amide bonds. The summed E-state index contributed by atoms with van der Waals surface area (Å²) in [4.78, 5) is 27.0. The van der Waals surface area contributed by atoms with Crippen LogP contribution in [-0.2, 0) is 9.53 Å². The fourth-order valence-electron chi connectivity index (χ4n) is 2.21. The second-order valence-electron chi connectivity index (χ2n) is 4.66. The van der Waals surface area contributed by atoms with E-state index < -0.39 is 11.5 Å². The molecular formula is C13H16N2O4. The minimum atomic E-state index is -0.923. The Kier molecular flexibility index (Phi) is 4.11. The molecule has 6 nitrogen and oxygen atoms in total. The second-order valence-corrected chi connectivity index (χ2v) is 4.66. The number of nitrogens with zero attached hydrogens (tertiary/aromatic N) is 1. The molecule has 0 saturated carbocycles. The van der Waals surface area contributed by atoms with Gasteiger partial charge in [-0.15, -0.1) is 0 Å². The van der Waals surface area contributed by atoms with Gasteiger partial charge in [0.25, 0.3) is 5.91 Å². The predicted octanol–water partition coefficient (Wildman–Crippen LogP) is 0.835. The van der Waals surface area contributed by atoms with Gasteiger partial charge in [-0.1, -0.05) is 0 Å². The molecule has 2 N–H and O–H groups in total. The minimum Gasteiger partial charge on any atom is -0.481 e. The number of carbonyl (C=O) groups is 2. The third-order valence-corrected chi connectivity index (χ3v) is 3.24. The van der Waals surface area contributed by atoms with Crippen molar-refractivity contribution in [1.82, 2.24) is 10.3 Å². The van der Waals surface area contributed by atoms with Crippen molar-refractivity contribution in [1.29, 1.82) is 0 Å². The standard InChI is InChI=1S/C13H16N2O4/c16-11(17)8-13(3-6-19-7-4-13)15-12(18)10-2-1-5-14-9-10/h1-2,5,9H,3-4,6-8H2,(H,15,18)(H,16,17). The van der Waals surface area contributed by atoms with E-state index in [1.165, 1.54) is 6.20 Å². The monoisotopic (exact) mass is 264 g/mol. The van der Waals surface area contributed by atoms with Gasteiger partial charge in [0.05, 0.1) is 17.5 Å². The van der Waals surface area contributed by atoms with Gasteiger partial charge in [-0.05, 0) is 25.0 Å². The number of hydrogen-bond donors (Lipinski definition) is 2. The van der Waals surface area contributed by atoms with Gasteiger partial charge in [0.1, 0.15) is 0 Å². The Hall–Kier alpha value is -1.95. The number of pyridine rings is 1. The first-order valence-corrected chi connectivity index (χ1v) is 6.13. The van der Waals surface area contributed by atoms with E-state index in [9.17, 15) is 9.59 Å². The number of hydrogen-bond acceptors (Lipinski definition) is 4. The largest absolute Gasteiger partial charge is 0.481 e. The van der Waals surface area contributed by atoms with E-state index in [-0.39, 0.29) is 12.3 Å². The molecule has 1 aliphatic rings. The molecule has 0 aromatic carbocycles. The summed E-state index contributed by atoms with van der Waals surface area (Å²) >= 11 is 0. The van der Waals surface area contributed by atoms with E-state index in [4.69, 9.17) is 9.84 Å². The smallest absolute Gasteiger partial charge is 0.305 e. The van der Waals surface area contributed by atoms with Crippen molar-refractivity contribution < 1.29 is 19.4 Å². The fraction of sp³-hybridized carbons (Fsp3) is 0.462. The van der Waals surface area contributed by atoms with Crippen molar-refractivity contribution in [3.63, 3.8) is 0 Å². The highest BCUT2D eigenvalue weighted by atomic mass is 16.5. The first kappa shape index (κ1) is 13.5. The molecule has 0 radical (unpaired) electrons. The van der Waals surface area contributed by atoms with Crippen LogP contribution in [0.3, 0.4) is 0 Å². The van der Waals surface area contributed by atoms with Crippen LogP contribution in [0.25, 0.3) is 0 Å². The summed E-state index contributed by atoms with van der Waals surface area (Å²) in [7, 11) is 0. The maximum atomic E-state index is 12.1. The number of carboxylic acid groups (broad SMARTS) is 1. The summed E-state index contributed by atoms with van der Waals surface area (Å²) in [5.74, 6) is -1.22. The number of aliphatic carboxylic acids is 1. The van der Waals surface area contributed by atoms with Crippen molar-refractivity contribution in [3.05, 3.63) is 30.1 Å². The lowest BCUT2D eigenvalue weighted by Crippen LogP contribution is -2.53. The van der Waals surface area contributed by atoms with Crippen molar-refractivity contribution in [3.8, 4) is 0 Å². The molecule has 0 atom stereocenters. The van der Waals surface area contributed by atoms with Crippen molar-refractivity contribution >= 4 is 11.9 Å². The van der Waals surface area contributed by atoms with Crippen molar-refractivity contribution in [2.45, 2.75) is 24.8 Å². The highest BCUT2D eigenvalue weighted by Crippen LogP contribution is 2.25. The molecule has 1 aromatic heterocycles. The van der Waals surface area contributed by atoms with Crippen LogP contribution in [0.15, 0.2) is 24.5 Å². The van der Waals surface area contributed by atoms with Crippen LogP contribution in [0.2, 0.25) is 0 Å². The quantitative estimate of drug-likeness (QED) is 0.841. The molecule has 0 spiro atoms. The molecule has 102 valence electrons. The number of carbonyl (C=O) groups excluding carboxylic acids is 1. The molecule has 2 rings (SSSR count). The maximum Gasteiger partial charge on any atom is 0.305 e. The SMILES string of the molecule is O=C(O)CC1(NC(=O)c2cccnc2)CCOCC1. The van der Waals surface area contributed by atoms with Gasteiger partial charge < -0.3 is 15.2 Å². The lowest BCUT2D eigenvalue weighted by molar-refractivity contribution is -0.139. The van der Waals surface area contributed by atoms with Gasteiger partial charge in [-0.2, -0.15) is 0 Å². The number of aromatic nitrogens is 1. The van der Waals surface area contributed by atoms with Crippen LogP contribution in [0.1, 0.15) is 29.6 Å². The topological polar surface area (TPSA) is 88.5 Å². The Morgan fingerprint density at radius 3 is 2.74 bits per heavy atom. The Bertz CT molecular complexity index is 455. The minimum absolute atomic E-state index is 0.0949. The molecular weight excluding hydrogens is 248 g/mol. The van der Waals surface area contributed by atoms with Crippen LogP contribution >= 0.6 is 0 Å². The first-order valence-electron chi connectivity index (χ1n) is 6.13. The van der Waals surface area contributed by atoms with E-state index in [1.54, 1.807) is 18.3 Å². The Morgan fingerprint density at radius 2 is 2.16 bits per heavy atom. The highest BCUT2D eigenvalue weighted by molar-refractivity contribution is 5.94. The maximum absolute atomic E-state index is 12.1. The van der Waals surface area contributed by atoms with Gasteiger partial charge in [0.2, 0.25) is 0 Å². The fourth-order valence-corrected chi connectivity index (χ4v) is 2.21. The van der Waals surface area contributed by atoms with Gasteiger partial charge in [-0.3, -0.25) is 14.6 Å². The summed E-state index contributed by atoms with van der Waals surface area (Å²) in [5.41, 5.74) is -0.296. The number of carboxylic acids is 1. The van der Waals surface area contributed by atoms with E-state index in [2.05, 4.69) is 10.3 Å².